The van der Waals surface area contributed by atoms with Gasteiger partial charge in [0.1, 0.15) is 18.3 Å². The predicted octanol–water partition coefficient (Wildman–Crippen LogP) is -2.02. The number of benzene rings is 1. The third-order valence-electron chi connectivity index (χ3n) is 3.71. The van der Waals surface area contributed by atoms with Gasteiger partial charge in [-0.05, 0) is 30.7 Å². The van der Waals surface area contributed by atoms with Crippen LogP contribution in [-0.2, 0) is 6.42 Å². The summed E-state index contributed by atoms with van der Waals surface area (Å²) in [6, 6.07) is 5.64. The van der Waals surface area contributed by atoms with Crippen LogP contribution in [0.25, 0.3) is 0 Å². The van der Waals surface area contributed by atoms with E-state index in [0.29, 0.717) is 18.7 Å². The lowest BCUT2D eigenvalue weighted by Crippen LogP contribution is -2.49. The van der Waals surface area contributed by atoms with Crippen LogP contribution in [-0.4, -0.2) is 76.4 Å². The summed E-state index contributed by atoms with van der Waals surface area (Å²) in [5, 5.41) is 49.8. The fraction of sp³-hybridized carbons (Fsp3) is 0.600. The summed E-state index contributed by atoms with van der Waals surface area (Å²) in [6.07, 6.45) is -5.22. The molecule has 0 amide bonds. The van der Waals surface area contributed by atoms with Crippen molar-refractivity contribution in [2.45, 2.75) is 30.8 Å². The van der Waals surface area contributed by atoms with Gasteiger partial charge in [0.15, 0.2) is 11.5 Å². The molecule has 1 heterocycles. The van der Waals surface area contributed by atoms with Crippen molar-refractivity contribution in [1.29, 1.82) is 0 Å². The van der Waals surface area contributed by atoms with Crippen molar-refractivity contribution in [3.8, 4) is 11.5 Å². The van der Waals surface area contributed by atoms with E-state index < -0.39 is 31.0 Å². The fourth-order valence-corrected chi connectivity index (χ4v) is 2.26. The second-order valence-electron chi connectivity index (χ2n) is 5.44. The molecule has 1 aliphatic heterocycles. The third-order valence-corrected chi connectivity index (χ3v) is 3.71. The van der Waals surface area contributed by atoms with Crippen LogP contribution < -0.4 is 14.8 Å². The van der Waals surface area contributed by atoms with Gasteiger partial charge in [0.05, 0.1) is 12.7 Å². The van der Waals surface area contributed by atoms with Gasteiger partial charge in [-0.1, -0.05) is 6.07 Å². The van der Waals surface area contributed by atoms with Gasteiger partial charge in [-0.15, -0.1) is 0 Å². The van der Waals surface area contributed by atoms with Gasteiger partial charge in [-0.2, -0.15) is 0 Å². The molecular weight excluding hydrogens is 306 g/mol. The number of rotatable bonds is 9. The van der Waals surface area contributed by atoms with E-state index in [0.717, 1.165) is 11.3 Å². The van der Waals surface area contributed by atoms with E-state index in [2.05, 4.69) is 5.32 Å². The molecule has 1 aliphatic rings. The average Bonchev–Trinajstić information content (AvgIpc) is 3.04. The van der Waals surface area contributed by atoms with Crippen molar-refractivity contribution < 1.29 is 35.0 Å². The highest BCUT2D eigenvalue weighted by Gasteiger charge is 2.29. The average molecular weight is 329 g/mol. The van der Waals surface area contributed by atoms with Gasteiger partial charge < -0.3 is 40.3 Å². The smallest absolute Gasteiger partial charge is 0.231 e. The Hall–Kier alpha value is -1.42. The first-order chi connectivity index (χ1) is 11.0. The third kappa shape index (κ3) is 4.77. The SMILES string of the molecule is OC[C@@H](O)[C@@H](O)[C@H](O)[C@@H](O)CNCCc1ccc2c(c1)OCO2. The molecule has 130 valence electrons. The predicted molar refractivity (Wildman–Crippen MR) is 80.3 cm³/mol. The van der Waals surface area contributed by atoms with Gasteiger partial charge in [0.2, 0.25) is 6.79 Å². The number of hydrogen-bond donors (Lipinski definition) is 6. The van der Waals surface area contributed by atoms with Gasteiger partial charge in [-0.25, -0.2) is 0 Å². The van der Waals surface area contributed by atoms with Crippen molar-refractivity contribution in [2.24, 2.45) is 0 Å². The topological polar surface area (TPSA) is 132 Å². The first kappa shape index (κ1) is 17.9. The van der Waals surface area contributed by atoms with E-state index in [9.17, 15) is 20.4 Å². The van der Waals surface area contributed by atoms with Crippen molar-refractivity contribution in [1.82, 2.24) is 5.32 Å². The van der Waals surface area contributed by atoms with Gasteiger partial charge in [-0.3, -0.25) is 0 Å². The van der Waals surface area contributed by atoms with Crippen LogP contribution in [0.1, 0.15) is 5.56 Å². The highest BCUT2D eigenvalue weighted by Crippen LogP contribution is 2.32. The largest absolute Gasteiger partial charge is 0.454 e. The second-order valence-corrected chi connectivity index (χ2v) is 5.44. The Balaban J connectivity index is 1.70. The lowest BCUT2D eigenvalue weighted by molar-refractivity contribution is -0.113. The Bertz CT molecular complexity index is 499. The van der Waals surface area contributed by atoms with Crippen LogP contribution in [0.4, 0.5) is 0 Å². The molecule has 0 aliphatic carbocycles. The summed E-state index contributed by atoms with van der Waals surface area (Å²) in [5.74, 6) is 1.43. The summed E-state index contributed by atoms with van der Waals surface area (Å²) in [5.41, 5.74) is 1.03. The molecular formula is C15H23NO7. The Kier molecular flexibility index (Phi) is 6.58. The molecule has 8 nitrogen and oxygen atoms in total. The molecule has 0 aromatic heterocycles. The fourth-order valence-electron chi connectivity index (χ4n) is 2.26. The molecule has 6 N–H and O–H groups in total. The van der Waals surface area contributed by atoms with E-state index >= 15 is 0 Å². The van der Waals surface area contributed by atoms with E-state index in [1.807, 2.05) is 18.2 Å². The van der Waals surface area contributed by atoms with E-state index in [1.54, 1.807) is 0 Å². The standard InChI is InChI=1S/C15H23NO7/c17-7-11(19)15(21)14(20)10(18)6-16-4-3-9-1-2-12-13(5-9)23-8-22-12/h1-2,5,10-11,14-21H,3-4,6-8H2/t10-,11+,14+,15+/m0/s1. The second kappa shape index (κ2) is 8.44. The summed E-state index contributed by atoms with van der Waals surface area (Å²) < 4.78 is 10.5. The summed E-state index contributed by atoms with van der Waals surface area (Å²) >= 11 is 0. The van der Waals surface area contributed by atoms with Gasteiger partial charge in [0, 0.05) is 6.54 Å². The zero-order chi connectivity index (χ0) is 16.8. The molecule has 2 rings (SSSR count). The van der Waals surface area contributed by atoms with Gasteiger partial charge >= 0.3 is 0 Å². The van der Waals surface area contributed by atoms with Crippen LogP contribution >= 0.6 is 0 Å². The quantitative estimate of drug-likeness (QED) is 0.286. The monoisotopic (exact) mass is 329 g/mol. The van der Waals surface area contributed by atoms with Crippen molar-refractivity contribution in [3.63, 3.8) is 0 Å². The first-order valence-corrected chi connectivity index (χ1v) is 7.45. The molecule has 0 fully saturated rings. The zero-order valence-electron chi connectivity index (χ0n) is 12.6. The molecule has 0 spiro atoms. The minimum Gasteiger partial charge on any atom is -0.454 e. The minimum atomic E-state index is -1.61. The van der Waals surface area contributed by atoms with Crippen molar-refractivity contribution in [2.75, 3.05) is 26.5 Å². The lowest BCUT2D eigenvalue weighted by atomic mass is 10.0. The highest BCUT2D eigenvalue weighted by molar-refractivity contribution is 5.44. The minimum absolute atomic E-state index is 0.0426. The lowest BCUT2D eigenvalue weighted by Gasteiger charge is -2.25. The molecule has 1 aromatic carbocycles. The maximum atomic E-state index is 9.75. The van der Waals surface area contributed by atoms with E-state index in [4.69, 9.17) is 14.6 Å². The molecule has 0 bridgehead atoms. The molecule has 23 heavy (non-hydrogen) atoms. The Morgan fingerprint density at radius 2 is 1.70 bits per heavy atom. The normalized spacial score (nSPS) is 18.5. The number of hydrogen-bond acceptors (Lipinski definition) is 8. The van der Waals surface area contributed by atoms with E-state index in [-0.39, 0.29) is 13.3 Å². The number of nitrogens with one attached hydrogen (secondary N) is 1. The molecule has 8 heteroatoms. The van der Waals surface area contributed by atoms with E-state index in [1.165, 1.54) is 0 Å². The summed E-state index contributed by atoms with van der Waals surface area (Å²) in [4.78, 5) is 0. The molecule has 1 aromatic rings. The number of aliphatic hydroxyl groups excluding tert-OH is 5. The molecule has 4 atom stereocenters. The van der Waals surface area contributed by atoms with Crippen LogP contribution in [0, 0.1) is 0 Å². The number of fused-ring (bicyclic) bond motifs is 1. The van der Waals surface area contributed by atoms with Gasteiger partial charge in [0.25, 0.3) is 0 Å². The van der Waals surface area contributed by atoms with Crippen LogP contribution in [0.2, 0.25) is 0 Å². The maximum absolute atomic E-state index is 9.75. The Morgan fingerprint density at radius 3 is 2.43 bits per heavy atom. The first-order valence-electron chi connectivity index (χ1n) is 7.45. The van der Waals surface area contributed by atoms with Crippen LogP contribution in [0.15, 0.2) is 18.2 Å². The molecule has 0 radical (unpaired) electrons. The number of ether oxygens (including phenoxy) is 2. The molecule has 0 saturated heterocycles. The summed E-state index contributed by atoms with van der Waals surface area (Å²) in [6.45, 7) is 0.120. The maximum Gasteiger partial charge on any atom is 0.231 e. The highest BCUT2D eigenvalue weighted by atomic mass is 16.7. The van der Waals surface area contributed by atoms with Crippen molar-refractivity contribution in [3.05, 3.63) is 23.8 Å². The molecule has 0 saturated carbocycles. The van der Waals surface area contributed by atoms with Crippen molar-refractivity contribution >= 4 is 0 Å². The zero-order valence-corrected chi connectivity index (χ0v) is 12.6. The summed E-state index contributed by atoms with van der Waals surface area (Å²) in [7, 11) is 0. The molecule has 0 unspecified atom stereocenters. The van der Waals surface area contributed by atoms with Crippen LogP contribution in [0.5, 0.6) is 11.5 Å². The number of aliphatic hydroxyl groups is 5. The van der Waals surface area contributed by atoms with Crippen LogP contribution in [0.3, 0.4) is 0 Å². The Morgan fingerprint density at radius 1 is 1.00 bits per heavy atom. The Labute approximate surface area is 133 Å².